The molecular weight excluding hydrogens is 450 g/mol. The fourth-order valence-corrected chi connectivity index (χ4v) is 5.48. The molecule has 35 heavy (non-hydrogen) atoms. The van der Waals surface area contributed by atoms with E-state index in [1.807, 2.05) is 35.2 Å². The van der Waals surface area contributed by atoms with Gasteiger partial charge in [-0.2, -0.15) is 0 Å². The Morgan fingerprint density at radius 3 is 2.20 bits per heavy atom. The molecule has 4 saturated heterocycles. The van der Waals surface area contributed by atoms with Crippen LogP contribution in [0.3, 0.4) is 0 Å². The van der Waals surface area contributed by atoms with E-state index in [-0.39, 0.29) is 18.1 Å². The van der Waals surface area contributed by atoms with E-state index in [0.29, 0.717) is 31.9 Å². The second-order valence-electron chi connectivity index (χ2n) is 9.99. The first kappa shape index (κ1) is 25.1. The van der Waals surface area contributed by atoms with Crippen molar-refractivity contribution in [3.63, 3.8) is 0 Å². The molecule has 0 aromatic heterocycles. The van der Waals surface area contributed by atoms with Gasteiger partial charge in [0.25, 0.3) is 5.91 Å². The number of morpholine rings is 1. The molecule has 1 aromatic rings. The van der Waals surface area contributed by atoms with Crippen molar-refractivity contribution in [3.05, 3.63) is 35.9 Å². The zero-order valence-electron chi connectivity index (χ0n) is 20.6. The maximum Gasteiger partial charge on any atom is 0.254 e. The first-order valence-electron chi connectivity index (χ1n) is 13.1. The molecule has 0 N–H and O–H groups in total. The Morgan fingerprint density at radius 1 is 0.829 bits per heavy atom. The van der Waals surface area contributed by atoms with Gasteiger partial charge in [-0.05, 0) is 25.0 Å². The fourth-order valence-electron chi connectivity index (χ4n) is 5.48. The third-order valence-electron chi connectivity index (χ3n) is 7.11. The quantitative estimate of drug-likeness (QED) is 0.609. The Balaban J connectivity index is 1.30. The second-order valence-corrected chi connectivity index (χ2v) is 9.99. The molecule has 5 rings (SSSR count). The molecule has 9 nitrogen and oxygen atoms in total. The lowest BCUT2D eigenvalue weighted by Gasteiger charge is -2.50. The topological polar surface area (TPSA) is 72.9 Å². The van der Waals surface area contributed by atoms with Crippen molar-refractivity contribution in [1.29, 1.82) is 0 Å². The number of nitrogens with zero attached hydrogens (tertiary/aromatic N) is 3. The van der Waals surface area contributed by atoms with Gasteiger partial charge in [-0.15, -0.1) is 0 Å². The summed E-state index contributed by atoms with van der Waals surface area (Å²) in [6.45, 7) is 10.1. The van der Waals surface area contributed by atoms with E-state index in [1.165, 1.54) is 0 Å². The predicted molar refractivity (Wildman–Crippen MR) is 129 cm³/mol. The highest BCUT2D eigenvalue weighted by Crippen LogP contribution is 2.30. The monoisotopic (exact) mass is 489 g/mol. The Morgan fingerprint density at radius 2 is 1.49 bits per heavy atom. The molecule has 0 saturated carbocycles. The summed E-state index contributed by atoms with van der Waals surface area (Å²) < 4.78 is 30.6. The number of carbonyl (C=O) groups is 1. The van der Waals surface area contributed by atoms with E-state index < -0.39 is 5.79 Å². The summed E-state index contributed by atoms with van der Waals surface area (Å²) in [4.78, 5) is 20.1. The summed E-state index contributed by atoms with van der Waals surface area (Å²) >= 11 is 0. The Kier molecular flexibility index (Phi) is 8.67. The highest BCUT2D eigenvalue weighted by Gasteiger charge is 2.48. The lowest BCUT2D eigenvalue weighted by Crippen LogP contribution is -2.65. The van der Waals surface area contributed by atoms with Gasteiger partial charge >= 0.3 is 0 Å². The van der Waals surface area contributed by atoms with E-state index in [0.717, 1.165) is 78.5 Å². The van der Waals surface area contributed by atoms with Crippen molar-refractivity contribution in [3.8, 4) is 0 Å². The molecule has 194 valence electrons. The van der Waals surface area contributed by atoms with Gasteiger partial charge in [0.2, 0.25) is 5.79 Å². The lowest BCUT2D eigenvalue weighted by molar-refractivity contribution is -0.350. The van der Waals surface area contributed by atoms with Crippen molar-refractivity contribution in [2.45, 2.75) is 30.8 Å². The summed E-state index contributed by atoms with van der Waals surface area (Å²) in [6, 6.07) is 9.47. The van der Waals surface area contributed by atoms with Crippen LogP contribution in [0.25, 0.3) is 0 Å². The minimum atomic E-state index is -0.957. The molecule has 4 fully saturated rings. The van der Waals surface area contributed by atoms with E-state index in [1.54, 1.807) is 0 Å². The average molecular weight is 490 g/mol. The maximum atomic E-state index is 13.5. The van der Waals surface area contributed by atoms with Crippen molar-refractivity contribution in [2.75, 3.05) is 92.0 Å². The minimum absolute atomic E-state index is 0.00728. The van der Waals surface area contributed by atoms with Gasteiger partial charge in [0, 0.05) is 64.6 Å². The molecule has 4 aliphatic rings. The molecule has 0 aliphatic carbocycles. The summed E-state index contributed by atoms with van der Waals surface area (Å²) in [5.74, 6) is -0.950. The molecule has 1 aromatic carbocycles. The van der Waals surface area contributed by atoms with Crippen LogP contribution in [-0.2, 0) is 23.7 Å². The van der Waals surface area contributed by atoms with Crippen LogP contribution in [0, 0.1) is 0 Å². The number of hydrogen-bond acceptors (Lipinski definition) is 8. The van der Waals surface area contributed by atoms with Gasteiger partial charge in [0.1, 0.15) is 6.61 Å². The van der Waals surface area contributed by atoms with Crippen LogP contribution < -0.4 is 0 Å². The van der Waals surface area contributed by atoms with E-state index in [9.17, 15) is 4.79 Å². The molecule has 4 aliphatic heterocycles. The first-order valence-corrected chi connectivity index (χ1v) is 13.1. The van der Waals surface area contributed by atoms with Crippen LogP contribution in [0.5, 0.6) is 0 Å². The summed E-state index contributed by atoms with van der Waals surface area (Å²) in [5.41, 5.74) is 0.685. The smallest absolute Gasteiger partial charge is 0.254 e. The highest BCUT2D eigenvalue weighted by molar-refractivity contribution is 5.94. The van der Waals surface area contributed by atoms with Crippen LogP contribution >= 0.6 is 0 Å². The van der Waals surface area contributed by atoms with Gasteiger partial charge in [-0.3, -0.25) is 14.6 Å². The van der Waals surface area contributed by atoms with Crippen molar-refractivity contribution >= 4 is 5.91 Å². The average Bonchev–Trinajstić information content (AvgIpc) is 3.29. The predicted octanol–water partition coefficient (Wildman–Crippen LogP) is 1.08. The third kappa shape index (κ3) is 6.80. The number of rotatable bonds is 5. The van der Waals surface area contributed by atoms with Crippen molar-refractivity contribution in [1.82, 2.24) is 14.7 Å². The normalized spacial score (nSPS) is 31.7. The number of carbonyl (C=O) groups excluding carboxylic acids is 1. The summed E-state index contributed by atoms with van der Waals surface area (Å²) in [7, 11) is 0. The number of amides is 1. The molecule has 0 bridgehead atoms. The van der Waals surface area contributed by atoms with Gasteiger partial charge in [-0.1, -0.05) is 18.2 Å². The number of benzene rings is 1. The Bertz CT molecular complexity index is 794. The Hall–Kier alpha value is -1.59. The SMILES string of the molecule is O=C(c1ccccc1)N1C[C@@H](CN2CCCOCC2)O[C@@]2(COC[C@@H](CN3CCCOCC3)O2)C1. The Labute approximate surface area is 208 Å². The minimum Gasteiger partial charge on any atom is -0.380 e. The standard InChI is InChI=1S/C26H39N3O6/c30-25(22-6-2-1-3-7-22)29-18-23(16-27-8-4-12-31-14-10-27)34-26(20-29)21-33-19-24(35-26)17-28-9-5-13-32-15-11-28/h1-3,6-7,23-24H,4-5,8-21H2/t23-,24-,26+/m1/s1. The van der Waals surface area contributed by atoms with Crippen molar-refractivity contribution in [2.24, 2.45) is 0 Å². The molecule has 0 unspecified atom stereocenters. The van der Waals surface area contributed by atoms with Gasteiger partial charge < -0.3 is 28.6 Å². The van der Waals surface area contributed by atoms with E-state index in [4.69, 9.17) is 23.7 Å². The zero-order valence-corrected chi connectivity index (χ0v) is 20.6. The van der Waals surface area contributed by atoms with Crippen LogP contribution in [0.1, 0.15) is 23.2 Å². The third-order valence-corrected chi connectivity index (χ3v) is 7.11. The molecular formula is C26H39N3O6. The van der Waals surface area contributed by atoms with E-state index >= 15 is 0 Å². The van der Waals surface area contributed by atoms with Crippen LogP contribution in [0.4, 0.5) is 0 Å². The molecule has 1 amide bonds. The van der Waals surface area contributed by atoms with Gasteiger partial charge in [0.05, 0.1) is 38.6 Å². The summed E-state index contributed by atoms with van der Waals surface area (Å²) in [5, 5.41) is 0. The summed E-state index contributed by atoms with van der Waals surface area (Å²) in [6.07, 6.45) is 1.76. The van der Waals surface area contributed by atoms with Crippen LogP contribution in [0.15, 0.2) is 30.3 Å². The molecule has 1 spiro atoms. The largest absolute Gasteiger partial charge is 0.380 e. The molecule has 0 radical (unpaired) electrons. The second kappa shape index (κ2) is 12.1. The van der Waals surface area contributed by atoms with Gasteiger partial charge in [-0.25, -0.2) is 0 Å². The highest BCUT2D eigenvalue weighted by atomic mass is 16.7. The number of hydrogen-bond donors (Lipinski definition) is 0. The molecule has 3 atom stereocenters. The van der Waals surface area contributed by atoms with Gasteiger partial charge in [0.15, 0.2) is 0 Å². The number of ether oxygens (including phenoxy) is 5. The van der Waals surface area contributed by atoms with E-state index in [2.05, 4.69) is 9.80 Å². The lowest BCUT2D eigenvalue weighted by atomic mass is 10.1. The van der Waals surface area contributed by atoms with Crippen molar-refractivity contribution < 1.29 is 28.5 Å². The molecule has 9 heteroatoms. The zero-order chi connectivity index (χ0) is 23.9. The fraction of sp³-hybridized carbons (Fsp3) is 0.731. The van der Waals surface area contributed by atoms with Crippen LogP contribution in [-0.4, -0.2) is 131 Å². The first-order chi connectivity index (χ1) is 17.2. The maximum absolute atomic E-state index is 13.5. The van der Waals surface area contributed by atoms with Crippen LogP contribution in [0.2, 0.25) is 0 Å². The molecule has 4 heterocycles.